The number of nitrogens with zero attached hydrogens (tertiary/aromatic N) is 1. The van der Waals surface area contributed by atoms with Gasteiger partial charge in [-0.15, -0.1) is 0 Å². The van der Waals surface area contributed by atoms with E-state index < -0.39 is 15.9 Å². The summed E-state index contributed by atoms with van der Waals surface area (Å²) in [5.41, 5.74) is 1.40. The van der Waals surface area contributed by atoms with Crippen LogP contribution in [0.4, 0.5) is 4.39 Å². The number of hydrogen-bond acceptors (Lipinski definition) is 4. The van der Waals surface area contributed by atoms with E-state index in [1.807, 2.05) is 6.92 Å². The fourth-order valence-electron chi connectivity index (χ4n) is 1.64. The van der Waals surface area contributed by atoms with Gasteiger partial charge in [-0.25, -0.2) is 4.39 Å². The van der Waals surface area contributed by atoms with Crippen LogP contribution in [0.15, 0.2) is 47.6 Å². The molecule has 20 heavy (non-hydrogen) atoms. The molecule has 2 aromatic rings. The standard InChI is InChI=1S/C14H14FNO3S/c1-2-11-3-5-14(6-4-11)20(17,18)19-10-12-7-13(15)9-16-8-12/h3-9H,2,10H2,1H3. The topological polar surface area (TPSA) is 56.3 Å². The molecule has 0 aliphatic heterocycles. The SMILES string of the molecule is CCc1ccc(S(=O)(=O)OCc2cncc(F)c2)cc1. The summed E-state index contributed by atoms with van der Waals surface area (Å²) in [5, 5.41) is 0. The Balaban J connectivity index is 2.10. The van der Waals surface area contributed by atoms with Gasteiger partial charge in [0.25, 0.3) is 10.1 Å². The lowest BCUT2D eigenvalue weighted by Gasteiger charge is -2.06. The summed E-state index contributed by atoms with van der Waals surface area (Å²) in [5.74, 6) is -0.532. The monoisotopic (exact) mass is 295 g/mol. The number of aromatic nitrogens is 1. The molecule has 0 saturated heterocycles. The van der Waals surface area contributed by atoms with Gasteiger partial charge in [0.2, 0.25) is 0 Å². The van der Waals surface area contributed by atoms with Gasteiger partial charge in [0.15, 0.2) is 0 Å². The van der Waals surface area contributed by atoms with Crippen LogP contribution in [0.1, 0.15) is 18.1 Å². The second kappa shape index (κ2) is 6.11. The van der Waals surface area contributed by atoms with Gasteiger partial charge in [0.1, 0.15) is 5.82 Å². The Morgan fingerprint density at radius 1 is 1.15 bits per heavy atom. The molecule has 0 N–H and O–H groups in total. The molecule has 4 nitrogen and oxygen atoms in total. The highest BCUT2D eigenvalue weighted by Crippen LogP contribution is 2.15. The number of benzene rings is 1. The number of rotatable bonds is 5. The summed E-state index contributed by atoms with van der Waals surface area (Å²) in [6.07, 6.45) is 3.23. The molecular weight excluding hydrogens is 281 g/mol. The molecule has 2 rings (SSSR count). The lowest BCUT2D eigenvalue weighted by atomic mass is 10.2. The fraction of sp³-hybridized carbons (Fsp3) is 0.214. The zero-order valence-electron chi connectivity index (χ0n) is 10.9. The predicted molar refractivity (Wildman–Crippen MR) is 72.0 cm³/mol. The largest absolute Gasteiger partial charge is 0.297 e. The Morgan fingerprint density at radius 2 is 1.85 bits per heavy atom. The summed E-state index contributed by atoms with van der Waals surface area (Å²) in [6.45, 7) is 1.74. The maximum absolute atomic E-state index is 12.9. The molecule has 0 unspecified atom stereocenters. The van der Waals surface area contributed by atoms with E-state index >= 15 is 0 Å². The third-order valence-corrected chi connectivity index (χ3v) is 4.04. The predicted octanol–water partition coefficient (Wildman–Crippen LogP) is 2.69. The van der Waals surface area contributed by atoms with Gasteiger partial charge in [-0.1, -0.05) is 19.1 Å². The van der Waals surface area contributed by atoms with Crippen molar-refractivity contribution < 1.29 is 17.0 Å². The van der Waals surface area contributed by atoms with Gasteiger partial charge in [-0.05, 0) is 30.2 Å². The van der Waals surface area contributed by atoms with Crippen molar-refractivity contribution in [1.29, 1.82) is 0 Å². The molecule has 0 amide bonds. The molecule has 0 spiro atoms. The van der Waals surface area contributed by atoms with Crippen molar-refractivity contribution in [2.24, 2.45) is 0 Å². The average molecular weight is 295 g/mol. The molecular formula is C14H14FNO3S. The number of hydrogen-bond donors (Lipinski definition) is 0. The van der Waals surface area contributed by atoms with Crippen molar-refractivity contribution in [1.82, 2.24) is 4.98 Å². The van der Waals surface area contributed by atoms with Crippen molar-refractivity contribution in [3.8, 4) is 0 Å². The van der Waals surface area contributed by atoms with Gasteiger partial charge < -0.3 is 0 Å². The molecule has 0 fully saturated rings. The lowest BCUT2D eigenvalue weighted by molar-refractivity contribution is 0.307. The molecule has 0 atom stereocenters. The van der Waals surface area contributed by atoms with E-state index in [2.05, 4.69) is 4.98 Å². The Morgan fingerprint density at radius 3 is 2.45 bits per heavy atom. The Bertz CT molecular complexity index is 684. The van der Waals surface area contributed by atoms with E-state index in [9.17, 15) is 12.8 Å². The van der Waals surface area contributed by atoms with Crippen LogP contribution in [-0.4, -0.2) is 13.4 Å². The molecule has 0 saturated carbocycles. The minimum Gasteiger partial charge on any atom is -0.261 e. The molecule has 6 heteroatoms. The van der Waals surface area contributed by atoms with Crippen LogP contribution in [0.2, 0.25) is 0 Å². The highest BCUT2D eigenvalue weighted by atomic mass is 32.2. The van der Waals surface area contributed by atoms with Crippen molar-refractivity contribution in [2.45, 2.75) is 24.8 Å². The molecule has 106 valence electrons. The van der Waals surface area contributed by atoms with Crippen LogP contribution in [0.5, 0.6) is 0 Å². The molecule has 0 aliphatic carbocycles. The molecule has 1 aromatic carbocycles. The third-order valence-electron chi connectivity index (χ3n) is 2.76. The van der Waals surface area contributed by atoms with E-state index in [0.717, 1.165) is 18.2 Å². The smallest absolute Gasteiger partial charge is 0.261 e. The second-order valence-electron chi connectivity index (χ2n) is 4.23. The molecule has 0 bridgehead atoms. The van der Waals surface area contributed by atoms with E-state index in [4.69, 9.17) is 4.18 Å². The summed E-state index contributed by atoms with van der Waals surface area (Å²) < 4.78 is 41.7. The minimum absolute atomic E-state index is 0.0825. The van der Waals surface area contributed by atoms with Gasteiger partial charge in [0, 0.05) is 11.8 Å². The van der Waals surface area contributed by atoms with Gasteiger partial charge >= 0.3 is 0 Å². The first-order valence-electron chi connectivity index (χ1n) is 6.09. The van der Waals surface area contributed by atoms with Crippen LogP contribution < -0.4 is 0 Å². The van der Waals surface area contributed by atoms with Crippen LogP contribution in [-0.2, 0) is 27.3 Å². The van der Waals surface area contributed by atoms with Gasteiger partial charge in [-0.3, -0.25) is 9.17 Å². The first kappa shape index (κ1) is 14.6. The van der Waals surface area contributed by atoms with Gasteiger partial charge in [0.05, 0.1) is 17.7 Å². The normalized spacial score (nSPS) is 11.5. The highest BCUT2D eigenvalue weighted by molar-refractivity contribution is 7.86. The fourth-order valence-corrected chi connectivity index (χ4v) is 2.54. The zero-order valence-corrected chi connectivity index (χ0v) is 11.7. The van der Waals surface area contributed by atoms with Crippen molar-refractivity contribution in [3.63, 3.8) is 0 Å². The Labute approximate surface area is 117 Å². The Hall–Kier alpha value is -1.79. The maximum atomic E-state index is 12.9. The number of halogens is 1. The van der Waals surface area contributed by atoms with E-state index in [1.165, 1.54) is 24.4 Å². The van der Waals surface area contributed by atoms with Crippen molar-refractivity contribution in [3.05, 3.63) is 59.7 Å². The quantitative estimate of drug-likeness (QED) is 0.796. The third kappa shape index (κ3) is 3.61. The summed E-state index contributed by atoms with van der Waals surface area (Å²) in [4.78, 5) is 3.71. The van der Waals surface area contributed by atoms with E-state index in [-0.39, 0.29) is 11.5 Å². The highest BCUT2D eigenvalue weighted by Gasteiger charge is 2.15. The second-order valence-corrected chi connectivity index (χ2v) is 5.84. The first-order chi connectivity index (χ1) is 9.51. The maximum Gasteiger partial charge on any atom is 0.297 e. The summed E-state index contributed by atoms with van der Waals surface area (Å²) in [6, 6.07) is 7.65. The minimum atomic E-state index is -3.85. The van der Waals surface area contributed by atoms with Crippen LogP contribution in [0, 0.1) is 5.82 Å². The van der Waals surface area contributed by atoms with Crippen LogP contribution >= 0.6 is 0 Å². The number of pyridine rings is 1. The van der Waals surface area contributed by atoms with E-state index in [0.29, 0.717) is 5.56 Å². The molecule has 0 radical (unpaired) electrons. The molecule has 1 aromatic heterocycles. The van der Waals surface area contributed by atoms with Crippen molar-refractivity contribution >= 4 is 10.1 Å². The molecule has 1 heterocycles. The lowest BCUT2D eigenvalue weighted by Crippen LogP contribution is -2.07. The van der Waals surface area contributed by atoms with E-state index in [1.54, 1.807) is 12.1 Å². The van der Waals surface area contributed by atoms with Crippen LogP contribution in [0.3, 0.4) is 0 Å². The zero-order chi connectivity index (χ0) is 14.6. The van der Waals surface area contributed by atoms with Crippen molar-refractivity contribution in [2.75, 3.05) is 0 Å². The Kier molecular flexibility index (Phi) is 4.46. The van der Waals surface area contributed by atoms with Crippen LogP contribution in [0.25, 0.3) is 0 Å². The van der Waals surface area contributed by atoms with Gasteiger partial charge in [-0.2, -0.15) is 8.42 Å². The molecule has 0 aliphatic rings. The summed E-state index contributed by atoms with van der Waals surface area (Å²) in [7, 11) is -3.85. The average Bonchev–Trinajstić information content (AvgIpc) is 2.45. The first-order valence-corrected chi connectivity index (χ1v) is 7.50. The number of aryl methyl sites for hydroxylation is 1. The summed E-state index contributed by atoms with van der Waals surface area (Å²) >= 11 is 0.